The average Bonchev–Trinajstić information content (AvgIpc) is 2.73. The second-order valence-electron chi connectivity index (χ2n) is 6.03. The lowest BCUT2D eigenvalue weighted by Crippen LogP contribution is -2.14. The van der Waals surface area contributed by atoms with E-state index in [1.807, 2.05) is 0 Å². The number of ketones is 1. The van der Waals surface area contributed by atoms with Gasteiger partial charge >= 0.3 is 0 Å². The number of benzene rings is 2. The predicted octanol–water partition coefficient (Wildman–Crippen LogP) is 3.99. The number of hydrogen-bond donors (Lipinski definition) is 1. The van der Waals surface area contributed by atoms with E-state index in [1.165, 1.54) is 30.8 Å². The van der Waals surface area contributed by atoms with Crippen LogP contribution in [0.2, 0.25) is 0 Å². The fourth-order valence-corrected chi connectivity index (χ4v) is 3.07. The zero-order valence-electron chi connectivity index (χ0n) is 15.4. The molecule has 1 amide bonds. The summed E-state index contributed by atoms with van der Waals surface area (Å²) in [5.74, 6) is -0.161. The van der Waals surface area contributed by atoms with Gasteiger partial charge in [0.1, 0.15) is 5.03 Å². The van der Waals surface area contributed by atoms with Crippen molar-refractivity contribution in [2.24, 2.45) is 0 Å². The molecule has 0 aliphatic heterocycles. The maximum absolute atomic E-state index is 12.1. The molecule has 0 fully saturated rings. The molecule has 3 aromatic rings. The molecule has 0 unspecified atom stereocenters. The second-order valence-corrected chi connectivity index (χ2v) is 7.03. The Balaban J connectivity index is 1.57. The molecule has 1 N–H and O–H groups in total. The van der Waals surface area contributed by atoms with Crippen molar-refractivity contribution in [1.29, 1.82) is 0 Å². The molecule has 3 rings (SSSR count). The van der Waals surface area contributed by atoms with E-state index in [4.69, 9.17) is 0 Å². The molecular formula is C20H16N4O4S. The van der Waals surface area contributed by atoms with Gasteiger partial charge in [-0.15, -0.1) is 10.2 Å². The van der Waals surface area contributed by atoms with Crippen LogP contribution in [0.4, 0.5) is 11.4 Å². The van der Waals surface area contributed by atoms with E-state index < -0.39 is 4.92 Å². The molecule has 1 aromatic heterocycles. The van der Waals surface area contributed by atoms with Crippen LogP contribution in [-0.4, -0.2) is 32.6 Å². The van der Waals surface area contributed by atoms with Crippen LogP contribution < -0.4 is 5.32 Å². The number of nitrogens with one attached hydrogen (secondary N) is 1. The van der Waals surface area contributed by atoms with Gasteiger partial charge in [0, 0.05) is 28.9 Å². The van der Waals surface area contributed by atoms with E-state index in [9.17, 15) is 19.7 Å². The summed E-state index contributed by atoms with van der Waals surface area (Å²) in [4.78, 5) is 33.8. The SMILES string of the molecule is CC(=O)c1cccc(NC(=O)CSc2ccc(-c3ccc([N+](=O)[O-])cc3)nn2)c1. The van der Waals surface area contributed by atoms with Gasteiger partial charge in [0.25, 0.3) is 5.69 Å². The van der Waals surface area contributed by atoms with Gasteiger partial charge in [-0.3, -0.25) is 19.7 Å². The van der Waals surface area contributed by atoms with Gasteiger partial charge in [-0.1, -0.05) is 23.9 Å². The molecule has 0 saturated heterocycles. The van der Waals surface area contributed by atoms with E-state index in [1.54, 1.807) is 48.5 Å². The van der Waals surface area contributed by atoms with E-state index in [0.717, 1.165) is 0 Å². The number of nitro groups is 1. The number of Topliss-reactive ketones (excluding diaryl/α,β-unsaturated/α-hetero) is 1. The number of aromatic nitrogens is 2. The monoisotopic (exact) mass is 408 g/mol. The molecule has 0 aliphatic carbocycles. The summed E-state index contributed by atoms with van der Waals surface area (Å²) in [7, 11) is 0. The summed E-state index contributed by atoms with van der Waals surface area (Å²) in [5.41, 5.74) is 2.39. The first kappa shape index (κ1) is 20.2. The summed E-state index contributed by atoms with van der Waals surface area (Å²) >= 11 is 1.23. The highest BCUT2D eigenvalue weighted by Crippen LogP contribution is 2.22. The molecule has 1 heterocycles. The molecule has 0 atom stereocenters. The number of thioether (sulfide) groups is 1. The number of non-ortho nitro benzene ring substituents is 1. The van der Waals surface area contributed by atoms with Crippen LogP contribution in [0.1, 0.15) is 17.3 Å². The normalized spacial score (nSPS) is 10.4. The van der Waals surface area contributed by atoms with Crippen molar-refractivity contribution in [3.05, 3.63) is 76.3 Å². The first-order valence-electron chi connectivity index (χ1n) is 8.54. The molecular weight excluding hydrogens is 392 g/mol. The summed E-state index contributed by atoms with van der Waals surface area (Å²) in [5, 5.41) is 22.2. The lowest BCUT2D eigenvalue weighted by molar-refractivity contribution is -0.384. The molecule has 0 bridgehead atoms. The lowest BCUT2D eigenvalue weighted by Gasteiger charge is -2.06. The summed E-state index contributed by atoms with van der Waals surface area (Å²) < 4.78 is 0. The van der Waals surface area contributed by atoms with Crippen LogP contribution in [0.25, 0.3) is 11.3 Å². The quantitative estimate of drug-likeness (QED) is 0.272. The predicted molar refractivity (Wildman–Crippen MR) is 110 cm³/mol. The van der Waals surface area contributed by atoms with Crippen molar-refractivity contribution in [3.8, 4) is 11.3 Å². The Kier molecular flexibility index (Phi) is 6.30. The van der Waals surface area contributed by atoms with Gasteiger partial charge in [-0.05, 0) is 43.3 Å². The minimum absolute atomic E-state index is 0.00809. The molecule has 146 valence electrons. The highest BCUT2D eigenvalue weighted by molar-refractivity contribution is 7.99. The smallest absolute Gasteiger partial charge is 0.269 e. The maximum atomic E-state index is 12.1. The Labute approximate surface area is 170 Å². The molecule has 0 radical (unpaired) electrons. The highest BCUT2D eigenvalue weighted by Gasteiger charge is 2.09. The van der Waals surface area contributed by atoms with E-state index in [2.05, 4.69) is 15.5 Å². The largest absolute Gasteiger partial charge is 0.325 e. The fraction of sp³-hybridized carbons (Fsp3) is 0.100. The molecule has 0 aliphatic rings. The third-order valence-electron chi connectivity index (χ3n) is 3.92. The fourth-order valence-electron chi connectivity index (χ4n) is 2.46. The zero-order chi connectivity index (χ0) is 20.8. The minimum atomic E-state index is -0.462. The Morgan fingerprint density at radius 2 is 1.83 bits per heavy atom. The minimum Gasteiger partial charge on any atom is -0.325 e. The number of hydrogen-bond acceptors (Lipinski definition) is 7. The Bertz CT molecular complexity index is 1050. The number of nitrogens with zero attached hydrogens (tertiary/aromatic N) is 3. The van der Waals surface area contributed by atoms with Crippen molar-refractivity contribution in [1.82, 2.24) is 10.2 Å². The van der Waals surface area contributed by atoms with E-state index in [0.29, 0.717) is 27.5 Å². The molecule has 0 spiro atoms. The van der Waals surface area contributed by atoms with Crippen LogP contribution in [0.15, 0.2) is 65.7 Å². The number of amides is 1. The van der Waals surface area contributed by atoms with Crippen molar-refractivity contribution in [3.63, 3.8) is 0 Å². The maximum Gasteiger partial charge on any atom is 0.269 e. The van der Waals surface area contributed by atoms with E-state index >= 15 is 0 Å². The Morgan fingerprint density at radius 3 is 2.45 bits per heavy atom. The molecule has 29 heavy (non-hydrogen) atoms. The molecule has 8 nitrogen and oxygen atoms in total. The van der Waals surface area contributed by atoms with Gasteiger partial charge in [0.2, 0.25) is 5.91 Å². The first-order chi connectivity index (χ1) is 13.9. The van der Waals surface area contributed by atoms with Gasteiger partial charge in [0.05, 0.1) is 16.4 Å². The van der Waals surface area contributed by atoms with Crippen LogP contribution >= 0.6 is 11.8 Å². The molecule has 9 heteroatoms. The number of anilines is 1. The van der Waals surface area contributed by atoms with Gasteiger partial charge < -0.3 is 5.32 Å². The highest BCUT2D eigenvalue weighted by atomic mass is 32.2. The van der Waals surface area contributed by atoms with Crippen molar-refractivity contribution < 1.29 is 14.5 Å². The van der Waals surface area contributed by atoms with Crippen LogP contribution in [0, 0.1) is 10.1 Å². The number of rotatable bonds is 7. The topological polar surface area (TPSA) is 115 Å². The molecule has 2 aromatic carbocycles. The first-order valence-corrected chi connectivity index (χ1v) is 9.53. The second kappa shape index (κ2) is 9.07. The van der Waals surface area contributed by atoms with Gasteiger partial charge in [-0.2, -0.15) is 0 Å². The molecule has 0 saturated carbocycles. The van der Waals surface area contributed by atoms with Crippen LogP contribution in [0.5, 0.6) is 0 Å². The third-order valence-corrected chi connectivity index (χ3v) is 4.84. The average molecular weight is 408 g/mol. The summed E-state index contributed by atoms with van der Waals surface area (Å²) in [6, 6.07) is 16.3. The lowest BCUT2D eigenvalue weighted by atomic mass is 10.1. The Morgan fingerprint density at radius 1 is 1.07 bits per heavy atom. The van der Waals surface area contributed by atoms with E-state index in [-0.39, 0.29) is 23.1 Å². The number of nitro benzene ring substituents is 1. The summed E-state index contributed by atoms with van der Waals surface area (Å²) in [6.45, 7) is 1.47. The van der Waals surface area contributed by atoms with Crippen molar-refractivity contribution in [2.75, 3.05) is 11.1 Å². The zero-order valence-corrected chi connectivity index (χ0v) is 16.2. The number of carbonyl (C=O) groups is 2. The standard InChI is InChI=1S/C20H16N4O4S/c1-13(25)15-3-2-4-16(11-15)21-19(26)12-29-20-10-9-18(22-23-20)14-5-7-17(8-6-14)24(27)28/h2-11H,12H2,1H3,(H,21,26). The summed E-state index contributed by atoms with van der Waals surface area (Å²) in [6.07, 6.45) is 0. The Hall–Kier alpha value is -3.59. The van der Waals surface area contributed by atoms with Crippen LogP contribution in [0.3, 0.4) is 0 Å². The number of carbonyl (C=O) groups excluding carboxylic acids is 2. The van der Waals surface area contributed by atoms with Crippen LogP contribution in [-0.2, 0) is 4.79 Å². The van der Waals surface area contributed by atoms with Gasteiger partial charge in [-0.25, -0.2) is 0 Å². The third kappa shape index (κ3) is 5.45. The van der Waals surface area contributed by atoms with Crippen molar-refractivity contribution in [2.45, 2.75) is 11.9 Å². The van der Waals surface area contributed by atoms with Crippen molar-refractivity contribution >= 4 is 34.8 Å². The van der Waals surface area contributed by atoms with Gasteiger partial charge in [0.15, 0.2) is 5.78 Å².